The number of amides is 4. The van der Waals surface area contributed by atoms with Crippen molar-refractivity contribution in [2.24, 2.45) is 0 Å². The highest BCUT2D eigenvalue weighted by Gasteiger charge is 2.37. The molecule has 38 heavy (non-hydrogen) atoms. The normalized spacial score (nSPS) is 14.5. The summed E-state index contributed by atoms with van der Waals surface area (Å²) in [6.45, 7) is 3.84. The Kier molecular flexibility index (Phi) is 7.63. The summed E-state index contributed by atoms with van der Waals surface area (Å²) in [5.74, 6) is -1.86. The Hall–Kier alpha value is -4.44. The van der Waals surface area contributed by atoms with Crippen LogP contribution < -0.4 is 19.7 Å². The summed E-state index contributed by atoms with van der Waals surface area (Å²) >= 11 is 3.45. The molecule has 1 aliphatic rings. The van der Waals surface area contributed by atoms with Gasteiger partial charge in [0.25, 0.3) is 11.8 Å². The number of nitrogens with zero attached hydrogens (tertiary/aromatic N) is 1. The summed E-state index contributed by atoms with van der Waals surface area (Å²) in [4.78, 5) is 50.4. The number of hydrogen-bond acceptors (Lipinski definition) is 6. The van der Waals surface area contributed by atoms with E-state index in [1.807, 2.05) is 19.9 Å². The molecule has 0 unspecified atom stereocenters. The fourth-order valence-electron chi connectivity index (χ4n) is 4.00. The Morgan fingerprint density at radius 1 is 1.03 bits per heavy atom. The lowest BCUT2D eigenvalue weighted by molar-refractivity contribution is -0.122. The number of carbonyl (C=O) groups is 4. The van der Waals surface area contributed by atoms with Crippen molar-refractivity contribution in [3.05, 3.63) is 92.5 Å². The van der Waals surface area contributed by atoms with Crippen LogP contribution in [0.4, 0.5) is 10.5 Å². The van der Waals surface area contributed by atoms with Gasteiger partial charge in [-0.1, -0.05) is 18.2 Å². The standard InChI is InChI=1S/C28H23BrN2O7/c1-15-8-16(2)10-20(9-15)31-26(33)21(25(32)30-28(31)36)11-18-12-22(29)24(23(13-18)37-3)38-14-17-4-6-19(7-5-17)27(34)35/h4-13H,14H2,1-3H3,(H,34,35)(H,30,32,36)/b21-11+. The van der Waals surface area contributed by atoms with Crippen LogP contribution in [0.2, 0.25) is 0 Å². The topological polar surface area (TPSA) is 122 Å². The molecule has 3 aromatic carbocycles. The zero-order valence-corrected chi connectivity index (χ0v) is 22.3. The molecule has 0 saturated carbocycles. The quantitative estimate of drug-likeness (QED) is 0.298. The molecule has 0 aliphatic carbocycles. The molecule has 0 aromatic heterocycles. The van der Waals surface area contributed by atoms with E-state index < -0.39 is 23.8 Å². The number of aromatic carboxylic acids is 1. The van der Waals surface area contributed by atoms with Crippen LogP contribution >= 0.6 is 15.9 Å². The van der Waals surface area contributed by atoms with Gasteiger partial charge in [0.1, 0.15) is 12.2 Å². The molecule has 1 saturated heterocycles. The van der Waals surface area contributed by atoms with Crippen LogP contribution in [0.5, 0.6) is 11.5 Å². The Bertz CT molecular complexity index is 1480. The first-order chi connectivity index (χ1) is 18.1. The molecular formula is C28H23BrN2O7. The van der Waals surface area contributed by atoms with E-state index in [9.17, 15) is 19.2 Å². The van der Waals surface area contributed by atoms with Gasteiger partial charge in [-0.2, -0.15) is 0 Å². The first-order valence-corrected chi connectivity index (χ1v) is 12.2. The number of benzene rings is 3. The van der Waals surface area contributed by atoms with Crippen LogP contribution in [0.1, 0.15) is 32.6 Å². The first-order valence-electron chi connectivity index (χ1n) is 11.4. The van der Waals surface area contributed by atoms with Crippen molar-refractivity contribution in [1.29, 1.82) is 0 Å². The zero-order valence-electron chi connectivity index (χ0n) is 20.7. The molecule has 194 valence electrons. The summed E-state index contributed by atoms with van der Waals surface area (Å²) in [5.41, 5.74) is 3.25. The van der Waals surface area contributed by atoms with Crippen molar-refractivity contribution in [3.8, 4) is 11.5 Å². The highest BCUT2D eigenvalue weighted by Crippen LogP contribution is 2.38. The van der Waals surface area contributed by atoms with Crippen LogP contribution in [0.25, 0.3) is 6.08 Å². The SMILES string of the molecule is COc1cc(/C=C2\C(=O)NC(=O)N(c3cc(C)cc(C)c3)C2=O)cc(Br)c1OCc1ccc(C(=O)O)cc1. The van der Waals surface area contributed by atoms with Gasteiger partial charge in [0.2, 0.25) is 0 Å². The van der Waals surface area contributed by atoms with Crippen molar-refractivity contribution < 1.29 is 33.8 Å². The minimum absolute atomic E-state index is 0.142. The molecule has 3 aromatic rings. The minimum Gasteiger partial charge on any atom is -0.493 e. The summed E-state index contributed by atoms with van der Waals surface area (Å²) in [7, 11) is 1.45. The number of carbonyl (C=O) groups excluding carboxylic acids is 3. The fraction of sp³-hybridized carbons (Fsp3) is 0.143. The molecule has 4 amide bonds. The summed E-state index contributed by atoms with van der Waals surface area (Å²) in [5, 5.41) is 11.3. The number of carboxylic acid groups (broad SMARTS) is 1. The molecule has 10 heteroatoms. The molecule has 1 aliphatic heterocycles. The third-order valence-electron chi connectivity index (χ3n) is 5.71. The van der Waals surface area contributed by atoms with E-state index in [0.717, 1.165) is 21.6 Å². The fourth-order valence-corrected chi connectivity index (χ4v) is 4.57. The third kappa shape index (κ3) is 5.60. The van der Waals surface area contributed by atoms with Gasteiger partial charge in [-0.15, -0.1) is 0 Å². The number of nitrogens with one attached hydrogen (secondary N) is 1. The predicted molar refractivity (Wildman–Crippen MR) is 143 cm³/mol. The zero-order chi connectivity index (χ0) is 27.6. The summed E-state index contributed by atoms with van der Waals surface area (Å²) < 4.78 is 11.9. The van der Waals surface area contributed by atoms with Gasteiger partial charge in [0.15, 0.2) is 11.5 Å². The van der Waals surface area contributed by atoms with Crippen LogP contribution in [0.3, 0.4) is 0 Å². The van der Waals surface area contributed by atoms with Crippen LogP contribution in [0.15, 0.2) is 64.6 Å². The smallest absolute Gasteiger partial charge is 0.335 e. The van der Waals surface area contributed by atoms with E-state index in [4.69, 9.17) is 14.6 Å². The number of rotatable bonds is 7. The van der Waals surface area contributed by atoms with Gasteiger partial charge in [0.05, 0.1) is 22.8 Å². The lowest BCUT2D eigenvalue weighted by Gasteiger charge is -2.27. The molecule has 1 fully saturated rings. The van der Waals surface area contributed by atoms with Crippen molar-refractivity contribution in [2.45, 2.75) is 20.5 Å². The number of anilines is 1. The Morgan fingerprint density at radius 2 is 1.68 bits per heavy atom. The second kappa shape index (κ2) is 10.9. The number of aryl methyl sites for hydroxylation is 2. The van der Waals surface area contributed by atoms with Crippen LogP contribution in [0, 0.1) is 13.8 Å². The number of barbiturate groups is 1. The lowest BCUT2D eigenvalue weighted by atomic mass is 10.0. The second-order valence-electron chi connectivity index (χ2n) is 8.63. The molecular weight excluding hydrogens is 556 g/mol. The van der Waals surface area contributed by atoms with E-state index in [0.29, 0.717) is 27.2 Å². The molecule has 0 atom stereocenters. The van der Waals surface area contributed by atoms with Gasteiger partial charge >= 0.3 is 12.0 Å². The maximum atomic E-state index is 13.3. The number of imide groups is 2. The lowest BCUT2D eigenvalue weighted by Crippen LogP contribution is -2.54. The number of hydrogen-bond donors (Lipinski definition) is 2. The Morgan fingerprint density at radius 3 is 2.29 bits per heavy atom. The van der Waals surface area contributed by atoms with E-state index in [1.54, 1.807) is 36.4 Å². The van der Waals surface area contributed by atoms with Crippen molar-refractivity contribution in [1.82, 2.24) is 5.32 Å². The molecule has 1 heterocycles. The van der Waals surface area contributed by atoms with Crippen LogP contribution in [-0.4, -0.2) is 36.0 Å². The minimum atomic E-state index is -1.02. The largest absolute Gasteiger partial charge is 0.493 e. The molecule has 2 N–H and O–H groups in total. The van der Waals surface area contributed by atoms with Gasteiger partial charge in [-0.25, -0.2) is 14.5 Å². The maximum Gasteiger partial charge on any atom is 0.335 e. The molecule has 9 nitrogen and oxygen atoms in total. The van der Waals surface area contributed by atoms with Crippen LogP contribution in [-0.2, 0) is 16.2 Å². The average Bonchev–Trinajstić information content (AvgIpc) is 2.85. The molecule has 0 bridgehead atoms. The summed E-state index contributed by atoms with van der Waals surface area (Å²) in [6.07, 6.45) is 1.38. The number of urea groups is 1. The second-order valence-corrected chi connectivity index (χ2v) is 9.48. The van der Waals surface area contributed by atoms with Crippen molar-refractivity contribution in [3.63, 3.8) is 0 Å². The van der Waals surface area contributed by atoms with E-state index in [-0.39, 0.29) is 17.7 Å². The van der Waals surface area contributed by atoms with E-state index >= 15 is 0 Å². The van der Waals surface area contributed by atoms with Gasteiger partial charge < -0.3 is 14.6 Å². The highest BCUT2D eigenvalue weighted by atomic mass is 79.9. The highest BCUT2D eigenvalue weighted by molar-refractivity contribution is 9.10. The molecule has 4 rings (SSSR count). The number of ether oxygens (including phenoxy) is 2. The monoisotopic (exact) mass is 578 g/mol. The van der Waals surface area contributed by atoms with Crippen molar-refractivity contribution >= 4 is 51.5 Å². The number of carboxylic acids is 1. The third-order valence-corrected chi connectivity index (χ3v) is 6.30. The number of halogens is 1. The van der Waals surface area contributed by atoms with E-state index in [2.05, 4.69) is 21.2 Å². The Balaban J connectivity index is 1.62. The van der Waals surface area contributed by atoms with Gasteiger partial charge in [-0.3, -0.25) is 14.9 Å². The van der Waals surface area contributed by atoms with Crippen molar-refractivity contribution in [2.75, 3.05) is 12.0 Å². The van der Waals surface area contributed by atoms with E-state index in [1.165, 1.54) is 25.3 Å². The number of methoxy groups -OCH3 is 1. The first kappa shape index (κ1) is 26.6. The summed E-state index contributed by atoms with van der Waals surface area (Å²) in [6, 6.07) is 14.0. The maximum absolute atomic E-state index is 13.3. The molecule has 0 spiro atoms. The average molecular weight is 579 g/mol. The molecule has 0 radical (unpaired) electrons. The Labute approximate surface area is 226 Å². The van der Waals surface area contributed by atoms with Gasteiger partial charge in [-0.05, 0) is 94.5 Å². The van der Waals surface area contributed by atoms with Gasteiger partial charge in [0, 0.05) is 0 Å². The predicted octanol–water partition coefficient (Wildman–Crippen LogP) is 5.02.